The molecule has 5 heavy (non-hydrogen) atoms. The first-order chi connectivity index (χ1) is 2.27. The van der Waals surface area contributed by atoms with Crippen molar-refractivity contribution in [3.05, 3.63) is 12.7 Å². The zero-order valence-electron chi connectivity index (χ0n) is 2.69. The number of nitrogens with two attached hydrogens (primary N) is 1. The number of carbonyl (C=O) groups is 1. The lowest BCUT2D eigenvalue weighted by atomic mass is 10.6. The lowest BCUT2D eigenvalue weighted by molar-refractivity contribution is -0.114. The molecule has 0 rings (SSSR count). The van der Waals surface area contributed by atoms with Gasteiger partial charge in [-0.15, -0.1) is 0 Å². The Bertz CT molecular complexity index is 57.9. The minimum absolute atomic E-state index is 0.606. The highest BCUT2D eigenvalue weighted by Gasteiger charge is 1.93. The van der Waals surface area contributed by atoms with E-state index in [1.165, 1.54) is 0 Å². The molecule has 0 saturated heterocycles. The van der Waals surface area contributed by atoms with Gasteiger partial charge < -0.3 is 5.73 Å². The van der Waals surface area contributed by atoms with E-state index in [-0.39, 0.29) is 0 Å². The van der Waals surface area contributed by atoms with E-state index in [4.69, 9.17) is 0 Å². The fourth-order valence-corrected chi connectivity index (χ4v) is 0. The van der Waals surface area contributed by atoms with E-state index in [0.29, 0.717) is 0 Å². The molecule has 0 aromatic rings. The zero-order chi connectivity index (χ0) is 4.28. The summed E-state index contributed by atoms with van der Waals surface area (Å²) in [5.41, 5.74) is 4.48. The van der Waals surface area contributed by atoms with Gasteiger partial charge in [0.2, 0.25) is 0 Å². The van der Waals surface area contributed by atoms with E-state index in [1.807, 2.05) is 6.08 Å². The first kappa shape index (κ1) is 4.12. The van der Waals surface area contributed by atoms with Crippen LogP contribution in [0.25, 0.3) is 0 Å². The summed E-state index contributed by atoms with van der Waals surface area (Å²) >= 11 is 0. The van der Waals surface area contributed by atoms with Gasteiger partial charge in [0, 0.05) is 0 Å². The molecule has 2 nitrogen and oxygen atoms in total. The molecule has 2 N–H and O–H groups in total. The Morgan fingerprint density at radius 1 is 2.00 bits per heavy atom. The fraction of sp³-hybridized carbons (Fsp3) is 0. The Balaban J connectivity index is 3.20. The van der Waals surface area contributed by atoms with Gasteiger partial charge in [-0.2, -0.15) is 0 Å². The van der Waals surface area contributed by atoms with Crippen LogP contribution >= 0.6 is 0 Å². The lowest BCUT2D eigenvalue weighted by Gasteiger charge is -1.46. The van der Waals surface area contributed by atoms with Gasteiger partial charge in [-0.3, -0.25) is 0 Å². The molecule has 0 aromatic heterocycles. The number of primary amides is 1. The molecule has 1 amide bonds. The second-order valence-electron chi connectivity index (χ2n) is 0.541. The van der Waals surface area contributed by atoms with Crippen molar-refractivity contribution >= 4 is 5.91 Å². The average molecular weight is 70.1 g/mol. The van der Waals surface area contributed by atoms with Crippen LogP contribution in [0.5, 0.6) is 0 Å². The maximum atomic E-state index is 9.42. The molecular weight excluding hydrogens is 66.0 g/mol. The SMILES string of the molecule is C=[C+]C(N)=O. The van der Waals surface area contributed by atoms with Gasteiger partial charge in [-0.25, -0.2) is 4.79 Å². The second kappa shape index (κ2) is 1.44. The third-order valence-electron chi connectivity index (χ3n) is 0.174. The van der Waals surface area contributed by atoms with Crippen molar-refractivity contribution in [2.45, 2.75) is 0 Å². The maximum Gasteiger partial charge on any atom is 0.487 e. The maximum absolute atomic E-state index is 9.42. The van der Waals surface area contributed by atoms with Crippen LogP contribution < -0.4 is 5.73 Å². The summed E-state index contributed by atoms with van der Waals surface area (Å²) in [7, 11) is 0. The van der Waals surface area contributed by atoms with Gasteiger partial charge in [0.05, 0.1) is 0 Å². The number of carbonyl (C=O) groups excluding carboxylic acids is 1. The molecule has 0 bridgehead atoms. The third kappa shape index (κ3) is 3.12. The van der Waals surface area contributed by atoms with Gasteiger partial charge in [-0.05, 0) is 0 Å². The Morgan fingerprint density at radius 3 is 2.20 bits per heavy atom. The van der Waals surface area contributed by atoms with E-state index in [0.717, 1.165) is 0 Å². The van der Waals surface area contributed by atoms with E-state index >= 15 is 0 Å². The summed E-state index contributed by atoms with van der Waals surface area (Å²) in [4.78, 5) is 9.42. The van der Waals surface area contributed by atoms with Crippen molar-refractivity contribution < 1.29 is 4.79 Å². The molecular formula is C3H4NO+. The molecule has 2 heteroatoms. The Hall–Kier alpha value is -0.880. The predicted octanol–water partition coefficient (Wildman–Crippen LogP) is -0.539. The molecule has 0 spiro atoms. The Morgan fingerprint density at radius 2 is 2.20 bits per heavy atom. The highest BCUT2D eigenvalue weighted by atomic mass is 16.1. The van der Waals surface area contributed by atoms with Crippen molar-refractivity contribution in [1.82, 2.24) is 0 Å². The minimum atomic E-state index is -0.606. The molecule has 0 aliphatic carbocycles. The van der Waals surface area contributed by atoms with E-state index in [2.05, 4.69) is 12.3 Å². The number of hydrogen-bond donors (Lipinski definition) is 1. The molecule has 0 radical (unpaired) electrons. The topological polar surface area (TPSA) is 43.1 Å². The quantitative estimate of drug-likeness (QED) is 0.327. The summed E-state index contributed by atoms with van der Waals surface area (Å²) < 4.78 is 0. The van der Waals surface area contributed by atoms with Crippen LogP contribution in [0.4, 0.5) is 0 Å². The lowest BCUT2D eigenvalue weighted by Crippen LogP contribution is -2.04. The van der Waals surface area contributed by atoms with Crippen molar-refractivity contribution in [3.63, 3.8) is 0 Å². The van der Waals surface area contributed by atoms with E-state index < -0.39 is 5.91 Å². The molecule has 0 fully saturated rings. The molecule has 0 aromatic carbocycles. The van der Waals surface area contributed by atoms with Crippen LogP contribution in [0.1, 0.15) is 0 Å². The molecule has 0 heterocycles. The van der Waals surface area contributed by atoms with Crippen LogP contribution in [0.3, 0.4) is 0 Å². The molecule has 0 saturated carbocycles. The normalized spacial score (nSPS) is 5.60. The van der Waals surface area contributed by atoms with Crippen LogP contribution in [-0.2, 0) is 4.79 Å². The van der Waals surface area contributed by atoms with Crippen LogP contribution in [0.2, 0.25) is 0 Å². The van der Waals surface area contributed by atoms with Gasteiger partial charge in [0.25, 0.3) is 0 Å². The average Bonchev–Trinajstić information content (AvgIpc) is 1.38. The fourth-order valence-electron chi connectivity index (χ4n) is 0. The smallest absolute Gasteiger partial charge is 0.320 e. The van der Waals surface area contributed by atoms with E-state index in [9.17, 15) is 4.79 Å². The molecule has 0 atom stereocenters. The standard InChI is InChI=1S/C3H3NO/c1-2-3(4)5/h1H2,(H-,4,5)/p+1. The summed E-state index contributed by atoms with van der Waals surface area (Å²) in [6.45, 7) is 2.96. The van der Waals surface area contributed by atoms with Crippen LogP contribution in [0, 0.1) is 6.08 Å². The third-order valence-corrected chi connectivity index (χ3v) is 0.174. The first-order valence-electron chi connectivity index (χ1n) is 1.10. The van der Waals surface area contributed by atoms with Crippen LogP contribution in [-0.4, -0.2) is 5.91 Å². The summed E-state index contributed by atoms with van der Waals surface area (Å²) in [5.74, 6) is -0.606. The van der Waals surface area contributed by atoms with Crippen molar-refractivity contribution in [2.75, 3.05) is 0 Å². The molecule has 0 aliphatic heterocycles. The van der Waals surface area contributed by atoms with Crippen molar-refractivity contribution in [1.29, 1.82) is 0 Å². The molecule has 26 valence electrons. The predicted molar refractivity (Wildman–Crippen MR) is 18.1 cm³/mol. The minimum Gasteiger partial charge on any atom is -0.320 e. The number of hydrogen-bond acceptors (Lipinski definition) is 1. The molecule has 0 unspecified atom stereocenters. The van der Waals surface area contributed by atoms with Gasteiger partial charge in [0.15, 0.2) is 6.58 Å². The van der Waals surface area contributed by atoms with E-state index in [1.54, 1.807) is 0 Å². The Labute approximate surface area is 30.3 Å². The van der Waals surface area contributed by atoms with Gasteiger partial charge >= 0.3 is 12.0 Å². The van der Waals surface area contributed by atoms with Crippen LogP contribution in [0.15, 0.2) is 6.58 Å². The highest BCUT2D eigenvalue weighted by molar-refractivity contribution is 5.80. The number of rotatable bonds is 1. The highest BCUT2D eigenvalue weighted by Crippen LogP contribution is 1.45. The van der Waals surface area contributed by atoms with Crippen molar-refractivity contribution in [2.24, 2.45) is 5.73 Å². The molecule has 0 aliphatic rings. The first-order valence-corrected chi connectivity index (χ1v) is 1.10. The van der Waals surface area contributed by atoms with Crippen molar-refractivity contribution in [3.8, 4) is 0 Å². The Kier molecular flexibility index (Phi) is 1.19. The number of amides is 1. The summed E-state index contributed by atoms with van der Waals surface area (Å²) in [6, 6.07) is 0. The largest absolute Gasteiger partial charge is 0.487 e. The monoisotopic (exact) mass is 70.0 g/mol. The van der Waals surface area contributed by atoms with Gasteiger partial charge in [0.1, 0.15) is 0 Å². The van der Waals surface area contributed by atoms with Gasteiger partial charge in [-0.1, -0.05) is 0 Å². The second-order valence-corrected chi connectivity index (χ2v) is 0.541. The summed E-state index contributed by atoms with van der Waals surface area (Å²) in [5, 5.41) is 0. The zero-order valence-corrected chi connectivity index (χ0v) is 2.69. The summed E-state index contributed by atoms with van der Waals surface area (Å²) in [6.07, 6.45) is 1.92.